The van der Waals surface area contributed by atoms with Crippen molar-refractivity contribution in [2.75, 3.05) is 26.6 Å². The standard InChI is InChI=1S/C16H17ClN2O5S/c1-18-25(21,22)15-8-10(4-6-14(15)24-3)16(20)19-11-5-7-13(23-2)12(17)9-11/h4-9,18H,1-3H3,(H,19,20). The van der Waals surface area contributed by atoms with Crippen LogP contribution in [0.3, 0.4) is 0 Å². The Hall–Kier alpha value is -2.29. The molecule has 0 radical (unpaired) electrons. The molecule has 0 atom stereocenters. The second kappa shape index (κ2) is 7.73. The number of hydrogen-bond donors (Lipinski definition) is 2. The first kappa shape index (κ1) is 19.0. The molecule has 0 heterocycles. The molecule has 7 nitrogen and oxygen atoms in total. The van der Waals surface area contributed by atoms with Gasteiger partial charge < -0.3 is 14.8 Å². The highest BCUT2D eigenvalue weighted by Crippen LogP contribution is 2.28. The average Bonchev–Trinajstić information content (AvgIpc) is 2.61. The lowest BCUT2D eigenvalue weighted by Crippen LogP contribution is -2.20. The summed E-state index contributed by atoms with van der Waals surface area (Å²) in [6.07, 6.45) is 0. The van der Waals surface area contributed by atoms with Crippen LogP contribution in [0.25, 0.3) is 0 Å². The Morgan fingerprint density at radius 2 is 1.68 bits per heavy atom. The summed E-state index contributed by atoms with van der Waals surface area (Å²) in [4.78, 5) is 12.3. The fourth-order valence-electron chi connectivity index (χ4n) is 2.09. The molecule has 2 aromatic carbocycles. The summed E-state index contributed by atoms with van der Waals surface area (Å²) < 4.78 is 36.4. The number of ether oxygens (including phenoxy) is 2. The van der Waals surface area contributed by atoms with Crippen LogP contribution in [0.2, 0.25) is 5.02 Å². The topological polar surface area (TPSA) is 93.7 Å². The molecule has 0 saturated carbocycles. The second-order valence-electron chi connectivity index (χ2n) is 4.88. The molecule has 0 spiro atoms. The van der Waals surface area contributed by atoms with Gasteiger partial charge in [-0.2, -0.15) is 0 Å². The Balaban J connectivity index is 2.34. The summed E-state index contributed by atoms with van der Waals surface area (Å²) in [7, 11) is 0.337. The molecule has 9 heteroatoms. The summed E-state index contributed by atoms with van der Waals surface area (Å²) in [5, 5.41) is 2.99. The summed E-state index contributed by atoms with van der Waals surface area (Å²) >= 11 is 6.02. The molecule has 0 aliphatic heterocycles. The first-order valence-electron chi connectivity index (χ1n) is 7.09. The third-order valence-corrected chi connectivity index (χ3v) is 5.12. The van der Waals surface area contributed by atoms with Crippen molar-refractivity contribution < 1.29 is 22.7 Å². The van der Waals surface area contributed by atoms with E-state index in [0.717, 1.165) is 0 Å². The van der Waals surface area contributed by atoms with Crippen LogP contribution in [0, 0.1) is 0 Å². The van der Waals surface area contributed by atoms with Crippen LogP contribution in [-0.4, -0.2) is 35.6 Å². The fraction of sp³-hybridized carbons (Fsp3) is 0.188. The second-order valence-corrected chi connectivity index (χ2v) is 7.14. The van der Waals surface area contributed by atoms with Gasteiger partial charge >= 0.3 is 0 Å². The van der Waals surface area contributed by atoms with E-state index >= 15 is 0 Å². The first-order valence-corrected chi connectivity index (χ1v) is 8.95. The molecule has 0 bridgehead atoms. The summed E-state index contributed by atoms with van der Waals surface area (Å²) in [5.41, 5.74) is 0.603. The van der Waals surface area contributed by atoms with Crippen molar-refractivity contribution in [2.24, 2.45) is 0 Å². The molecule has 0 aromatic heterocycles. The van der Waals surface area contributed by atoms with E-state index in [9.17, 15) is 13.2 Å². The smallest absolute Gasteiger partial charge is 0.255 e. The number of hydrogen-bond acceptors (Lipinski definition) is 5. The minimum Gasteiger partial charge on any atom is -0.495 e. The molecular formula is C16H17ClN2O5S. The number of halogens is 1. The quantitative estimate of drug-likeness (QED) is 0.798. The van der Waals surface area contributed by atoms with E-state index in [1.807, 2.05) is 0 Å². The monoisotopic (exact) mass is 384 g/mol. The Bertz CT molecular complexity index is 899. The van der Waals surface area contributed by atoms with Crippen LogP contribution in [0.15, 0.2) is 41.3 Å². The van der Waals surface area contributed by atoms with E-state index in [2.05, 4.69) is 10.0 Å². The van der Waals surface area contributed by atoms with E-state index in [4.69, 9.17) is 21.1 Å². The highest BCUT2D eigenvalue weighted by atomic mass is 35.5. The molecule has 1 amide bonds. The van der Waals surface area contributed by atoms with Crippen LogP contribution in [0.5, 0.6) is 11.5 Å². The summed E-state index contributed by atoms with van der Waals surface area (Å²) in [6, 6.07) is 8.90. The number of rotatable bonds is 6. The van der Waals surface area contributed by atoms with E-state index in [1.165, 1.54) is 45.5 Å². The first-order chi connectivity index (χ1) is 11.8. The van der Waals surface area contributed by atoms with Crippen molar-refractivity contribution in [2.45, 2.75) is 4.90 Å². The number of carbonyl (C=O) groups is 1. The van der Waals surface area contributed by atoms with Crippen molar-refractivity contribution in [3.8, 4) is 11.5 Å². The Kier molecular flexibility index (Phi) is 5.89. The third-order valence-electron chi connectivity index (χ3n) is 3.39. The predicted molar refractivity (Wildman–Crippen MR) is 95.2 cm³/mol. The van der Waals surface area contributed by atoms with Crippen molar-refractivity contribution in [3.05, 3.63) is 47.0 Å². The number of carbonyl (C=O) groups excluding carboxylic acids is 1. The molecule has 25 heavy (non-hydrogen) atoms. The number of sulfonamides is 1. The van der Waals surface area contributed by atoms with Gasteiger partial charge in [0.15, 0.2) is 0 Å². The molecule has 0 aliphatic carbocycles. The zero-order valence-electron chi connectivity index (χ0n) is 13.8. The van der Waals surface area contributed by atoms with Crippen LogP contribution >= 0.6 is 11.6 Å². The number of anilines is 1. The largest absolute Gasteiger partial charge is 0.495 e. The molecule has 0 fully saturated rings. The van der Waals surface area contributed by atoms with Gasteiger partial charge in [-0.1, -0.05) is 11.6 Å². The Morgan fingerprint density at radius 1 is 1.04 bits per heavy atom. The minimum atomic E-state index is -3.78. The molecule has 2 rings (SSSR count). The number of amides is 1. The molecular weight excluding hydrogens is 368 g/mol. The van der Waals surface area contributed by atoms with Gasteiger partial charge in [0.1, 0.15) is 16.4 Å². The van der Waals surface area contributed by atoms with Crippen LogP contribution in [-0.2, 0) is 10.0 Å². The van der Waals surface area contributed by atoms with Crippen molar-refractivity contribution in [1.82, 2.24) is 4.72 Å². The molecule has 2 aromatic rings. The zero-order valence-corrected chi connectivity index (χ0v) is 15.4. The van der Waals surface area contributed by atoms with E-state index in [-0.39, 0.29) is 16.2 Å². The zero-order chi connectivity index (χ0) is 18.6. The maximum Gasteiger partial charge on any atom is 0.255 e. The van der Waals surface area contributed by atoms with Gasteiger partial charge in [-0.3, -0.25) is 4.79 Å². The number of nitrogens with one attached hydrogen (secondary N) is 2. The van der Waals surface area contributed by atoms with Gasteiger partial charge in [-0.05, 0) is 43.4 Å². The molecule has 0 unspecified atom stereocenters. The Morgan fingerprint density at radius 3 is 2.24 bits per heavy atom. The maximum atomic E-state index is 12.4. The van der Waals surface area contributed by atoms with E-state index in [1.54, 1.807) is 12.1 Å². The van der Waals surface area contributed by atoms with Crippen molar-refractivity contribution in [1.29, 1.82) is 0 Å². The fourth-order valence-corrected chi connectivity index (χ4v) is 3.26. The number of benzene rings is 2. The van der Waals surface area contributed by atoms with Gasteiger partial charge in [0, 0.05) is 11.3 Å². The van der Waals surface area contributed by atoms with Crippen LogP contribution in [0.4, 0.5) is 5.69 Å². The lowest BCUT2D eigenvalue weighted by molar-refractivity contribution is 0.102. The van der Waals surface area contributed by atoms with Crippen LogP contribution < -0.4 is 19.5 Å². The molecule has 2 N–H and O–H groups in total. The van der Waals surface area contributed by atoms with Crippen molar-refractivity contribution in [3.63, 3.8) is 0 Å². The molecule has 0 aliphatic rings. The maximum absolute atomic E-state index is 12.4. The lowest BCUT2D eigenvalue weighted by Gasteiger charge is -2.12. The summed E-state index contributed by atoms with van der Waals surface area (Å²) in [5.74, 6) is 0.126. The third kappa shape index (κ3) is 4.22. The average molecular weight is 385 g/mol. The highest BCUT2D eigenvalue weighted by molar-refractivity contribution is 7.89. The normalized spacial score (nSPS) is 11.0. The van der Waals surface area contributed by atoms with Gasteiger partial charge in [0.05, 0.1) is 19.2 Å². The van der Waals surface area contributed by atoms with Crippen molar-refractivity contribution >= 4 is 33.2 Å². The van der Waals surface area contributed by atoms with Gasteiger partial charge in [0.25, 0.3) is 5.91 Å². The highest BCUT2D eigenvalue weighted by Gasteiger charge is 2.20. The number of methoxy groups -OCH3 is 2. The summed E-state index contributed by atoms with van der Waals surface area (Å²) in [6.45, 7) is 0. The van der Waals surface area contributed by atoms with E-state index < -0.39 is 15.9 Å². The van der Waals surface area contributed by atoms with Gasteiger partial charge in [0.2, 0.25) is 10.0 Å². The lowest BCUT2D eigenvalue weighted by atomic mass is 10.2. The molecule has 0 saturated heterocycles. The SMILES string of the molecule is CNS(=O)(=O)c1cc(C(=O)Nc2ccc(OC)c(Cl)c2)ccc1OC. The van der Waals surface area contributed by atoms with Gasteiger partial charge in [-0.25, -0.2) is 13.1 Å². The minimum absolute atomic E-state index is 0.127. The van der Waals surface area contributed by atoms with Gasteiger partial charge in [-0.15, -0.1) is 0 Å². The van der Waals surface area contributed by atoms with Crippen LogP contribution in [0.1, 0.15) is 10.4 Å². The molecule has 134 valence electrons. The van der Waals surface area contributed by atoms with E-state index in [0.29, 0.717) is 16.5 Å². The Labute approximate surface area is 151 Å². The predicted octanol–water partition coefficient (Wildman–Crippen LogP) is 2.52.